The number of morpholine rings is 1. The molecule has 2 aliphatic heterocycles. The van der Waals surface area contributed by atoms with E-state index in [4.69, 9.17) is 23.7 Å². The number of ether oxygens (including phenoxy) is 5. The van der Waals surface area contributed by atoms with Crippen molar-refractivity contribution in [2.45, 2.75) is 83.3 Å². The van der Waals surface area contributed by atoms with Gasteiger partial charge in [0.15, 0.2) is 11.5 Å². The fourth-order valence-corrected chi connectivity index (χ4v) is 7.56. The summed E-state index contributed by atoms with van der Waals surface area (Å²) in [7, 11) is 3.22. The van der Waals surface area contributed by atoms with Gasteiger partial charge in [-0.3, -0.25) is 14.5 Å². The molecular formula is C39H54N2O8. The molecule has 2 saturated heterocycles. The summed E-state index contributed by atoms with van der Waals surface area (Å²) in [6.07, 6.45) is 7.65. The van der Waals surface area contributed by atoms with Gasteiger partial charge >= 0.3 is 5.97 Å². The fourth-order valence-electron chi connectivity index (χ4n) is 7.56. The average Bonchev–Trinajstić information content (AvgIpc) is 3.14. The number of esters is 1. The maximum absolute atomic E-state index is 14.1. The SMILES string of the molecule is COc1ccc(CC[C@@H](OC(=O)[C@@H]2CCCCN2C(=O)[C@H](C(C)=O)C2CCCCC2)c2cccc(OCCN3CCOCC3)c2)cc1OC. The van der Waals surface area contributed by atoms with E-state index in [-0.39, 0.29) is 17.6 Å². The molecule has 268 valence electrons. The van der Waals surface area contributed by atoms with Crippen LogP contribution < -0.4 is 14.2 Å². The summed E-state index contributed by atoms with van der Waals surface area (Å²) in [5.74, 6) is 0.609. The molecule has 10 nitrogen and oxygen atoms in total. The maximum Gasteiger partial charge on any atom is 0.329 e. The lowest BCUT2D eigenvalue weighted by Gasteiger charge is -2.38. The van der Waals surface area contributed by atoms with Crippen molar-refractivity contribution in [2.75, 3.05) is 60.2 Å². The highest BCUT2D eigenvalue weighted by atomic mass is 16.5. The standard InChI is InChI=1S/C39H54N2O8/c1-28(42)37(30-10-5-4-6-11-30)38(43)41-19-8-7-14-33(41)39(44)49-34(17-15-29-16-18-35(45-2)36(26-29)46-3)31-12-9-13-32(27-31)48-25-22-40-20-23-47-24-21-40/h9,12-13,16,18,26-27,30,33-34,37H,4-8,10-11,14-15,17,19-25H2,1-3H3/t33-,34+,37+/m0/s1. The molecule has 0 aromatic heterocycles. The summed E-state index contributed by atoms with van der Waals surface area (Å²) >= 11 is 0. The fraction of sp³-hybridized carbons (Fsp3) is 0.615. The number of methoxy groups -OCH3 is 2. The highest BCUT2D eigenvalue weighted by molar-refractivity contribution is 6.01. The molecule has 0 unspecified atom stereocenters. The predicted octanol–water partition coefficient (Wildman–Crippen LogP) is 5.80. The molecule has 1 amide bonds. The number of Topliss-reactive ketones (excluding diaryl/α,β-unsaturated/α-hetero) is 1. The zero-order chi connectivity index (χ0) is 34.6. The number of piperidine rings is 1. The molecule has 0 N–H and O–H groups in total. The molecular weight excluding hydrogens is 624 g/mol. The molecule has 2 aromatic carbocycles. The zero-order valence-electron chi connectivity index (χ0n) is 29.5. The highest BCUT2D eigenvalue weighted by Crippen LogP contribution is 2.35. The average molecular weight is 679 g/mol. The van der Waals surface area contributed by atoms with Crippen LogP contribution in [0.2, 0.25) is 0 Å². The predicted molar refractivity (Wildman–Crippen MR) is 186 cm³/mol. The zero-order valence-corrected chi connectivity index (χ0v) is 29.5. The molecule has 5 rings (SSSR count). The first kappa shape index (κ1) is 36.6. The van der Waals surface area contributed by atoms with E-state index in [2.05, 4.69) is 4.90 Å². The van der Waals surface area contributed by atoms with Gasteiger partial charge in [-0.05, 0) is 93.2 Å². The quantitative estimate of drug-likeness (QED) is 0.171. The Balaban J connectivity index is 1.33. The molecule has 3 aliphatic rings. The van der Waals surface area contributed by atoms with Crippen molar-refractivity contribution < 1.29 is 38.1 Å². The van der Waals surface area contributed by atoms with Gasteiger partial charge in [0, 0.05) is 26.2 Å². The van der Waals surface area contributed by atoms with Crippen molar-refractivity contribution in [3.05, 3.63) is 53.6 Å². The van der Waals surface area contributed by atoms with Gasteiger partial charge in [0.1, 0.15) is 30.3 Å². The summed E-state index contributed by atoms with van der Waals surface area (Å²) < 4.78 is 28.9. The van der Waals surface area contributed by atoms with Crippen LogP contribution >= 0.6 is 0 Å². The number of ketones is 1. The molecule has 2 aromatic rings. The Morgan fingerprint density at radius 2 is 1.63 bits per heavy atom. The molecule has 0 spiro atoms. The maximum atomic E-state index is 14.1. The number of likely N-dealkylation sites (tertiary alicyclic amines) is 1. The molecule has 1 aliphatic carbocycles. The highest BCUT2D eigenvalue weighted by Gasteiger charge is 2.42. The van der Waals surface area contributed by atoms with Crippen LogP contribution in [0.4, 0.5) is 0 Å². The second kappa shape index (κ2) is 18.4. The lowest BCUT2D eigenvalue weighted by Crippen LogP contribution is -2.53. The molecule has 0 radical (unpaired) electrons. The van der Waals surface area contributed by atoms with Crippen LogP contribution in [0.25, 0.3) is 0 Å². The van der Waals surface area contributed by atoms with Gasteiger partial charge < -0.3 is 28.6 Å². The summed E-state index contributed by atoms with van der Waals surface area (Å²) in [5, 5.41) is 0. The summed E-state index contributed by atoms with van der Waals surface area (Å²) in [6.45, 7) is 6.59. The van der Waals surface area contributed by atoms with E-state index < -0.39 is 24.0 Å². The van der Waals surface area contributed by atoms with Crippen LogP contribution in [0.15, 0.2) is 42.5 Å². The summed E-state index contributed by atoms with van der Waals surface area (Å²) in [4.78, 5) is 45.0. The van der Waals surface area contributed by atoms with Crippen molar-refractivity contribution in [3.8, 4) is 17.2 Å². The Labute approximate surface area is 291 Å². The third-order valence-corrected chi connectivity index (χ3v) is 10.3. The Morgan fingerprint density at radius 1 is 0.878 bits per heavy atom. The number of aryl methyl sites for hydroxylation is 1. The lowest BCUT2D eigenvalue weighted by molar-refractivity contribution is -0.165. The number of benzene rings is 2. The van der Waals surface area contributed by atoms with E-state index in [0.29, 0.717) is 49.7 Å². The van der Waals surface area contributed by atoms with E-state index >= 15 is 0 Å². The monoisotopic (exact) mass is 678 g/mol. The van der Waals surface area contributed by atoms with Crippen molar-refractivity contribution in [3.63, 3.8) is 0 Å². The number of hydrogen-bond donors (Lipinski definition) is 0. The minimum absolute atomic E-state index is 0.0394. The van der Waals surface area contributed by atoms with Crippen molar-refractivity contribution in [2.24, 2.45) is 11.8 Å². The van der Waals surface area contributed by atoms with Crippen molar-refractivity contribution in [1.29, 1.82) is 0 Å². The number of amides is 1. The second-order valence-corrected chi connectivity index (χ2v) is 13.6. The Kier molecular flexibility index (Phi) is 13.8. The Morgan fingerprint density at radius 3 is 2.37 bits per heavy atom. The van der Waals surface area contributed by atoms with Crippen molar-refractivity contribution >= 4 is 17.7 Å². The summed E-state index contributed by atoms with van der Waals surface area (Å²) in [5.41, 5.74) is 1.85. The first-order valence-electron chi connectivity index (χ1n) is 18.1. The van der Waals surface area contributed by atoms with Crippen LogP contribution in [-0.4, -0.2) is 93.7 Å². The number of rotatable bonds is 15. The van der Waals surface area contributed by atoms with Gasteiger partial charge in [0.2, 0.25) is 5.91 Å². The van der Waals surface area contributed by atoms with E-state index in [1.165, 1.54) is 6.92 Å². The van der Waals surface area contributed by atoms with Crippen LogP contribution in [0.3, 0.4) is 0 Å². The largest absolute Gasteiger partial charge is 0.493 e. The van der Waals surface area contributed by atoms with E-state index in [0.717, 1.165) is 88.9 Å². The molecule has 3 fully saturated rings. The smallest absolute Gasteiger partial charge is 0.329 e. The van der Waals surface area contributed by atoms with Crippen molar-refractivity contribution in [1.82, 2.24) is 9.80 Å². The topological polar surface area (TPSA) is 104 Å². The van der Waals surface area contributed by atoms with Gasteiger partial charge in [-0.25, -0.2) is 4.79 Å². The molecule has 0 bridgehead atoms. The molecule has 3 atom stereocenters. The lowest BCUT2D eigenvalue weighted by atomic mass is 9.77. The van der Waals surface area contributed by atoms with Gasteiger partial charge in [-0.15, -0.1) is 0 Å². The van der Waals surface area contributed by atoms with Gasteiger partial charge in [-0.2, -0.15) is 0 Å². The Hall–Kier alpha value is -3.63. The number of hydrogen-bond acceptors (Lipinski definition) is 9. The minimum Gasteiger partial charge on any atom is -0.493 e. The normalized spacial score (nSPS) is 20.2. The van der Waals surface area contributed by atoms with E-state index in [1.54, 1.807) is 19.1 Å². The van der Waals surface area contributed by atoms with Gasteiger partial charge in [0.25, 0.3) is 0 Å². The van der Waals surface area contributed by atoms with Gasteiger partial charge in [-0.1, -0.05) is 37.5 Å². The first-order chi connectivity index (χ1) is 23.9. The molecule has 49 heavy (non-hydrogen) atoms. The van der Waals surface area contributed by atoms with Crippen LogP contribution in [0.5, 0.6) is 17.2 Å². The minimum atomic E-state index is -0.719. The summed E-state index contributed by atoms with van der Waals surface area (Å²) in [6, 6.07) is 12.8. The third kappa shape index (κ3) is 9.97. The van der Waals surface area contributed by atoms with E-state index in [1.807, 2.05) is 42.5 Å². The third-order valence-electron chi connectivity index (χ3n) is 10.3. The number of carbonyl (C=O) groups excluding carboxylic acids is 3. The van der Waals surface area contributed by atoms with Gasteiger partial charge in [0.05, 0.1) is 33.4 Å². The number of carbonyl (C=O) groups is 3. The van der Waals surface area contributed by atoms with Crippen LogP contribution in [0, 0.1) is 11.8 Å². The first-order valence-corrected chi connectivity index (χ1v) is 18.1. The van der Waals surface area contributed by atoms with Crippen LogP contribution in [-0.2, 0) is 30.3 Å². The molecule has 1 saturated carbocycles. The number of nitrogens with zero attached hydrogens (tertiary/aromatic N) is 2. The molecule has 10 heteroatoms. The Bertz CT molecular complexity index is 1390. The molecule has 2 heterocycles. The van der Waals surface area contributed by atoms with E-state index in [9.17, 15) is 14.4 Å². The second-order valence-electron chi connectivity index (χ2n) is 13.6. The van der Waals surface area contributed by atoms with Crippen LogP contribution in [0.1, 0.15) is 81.9 Å².